The van der Waals surface area contributed by atoms with E-state index in [2.05, 4.69) is 10.2 Å². The van der Waals surface area contributed by atoms with Crippen LogP contribution in [0.1, 0.15) is 11.7 Å². The molecular formula is C11H14N4O2S. The molecule has 0 aliphatic carbocycles. The molecule has 4 N–H and O–H groups in total. The molecule has 2 aromatic rings. The number of hydrogen-bond acceptors (Lipinski definition) is 5. The van der Waals surface area contributed by atoms with Gasteiger partial charge in [0.1, 0.15) is 0 Å². The Balaban J connectivity index is 2.05. The fourth-order valence-corrected chi connectivity index (χ4v) is 2.39. The molecule has 6 nitrogen and oxygen atoms in total. The van der Waals surface area contributed by atoms with Gasteiger partial charge in [0.15, 0.2) is 5.16 Å². The minimum absolute atomic E-state index is 0.272. The summed E-state index contributed by atoms with van der Waals surface area (Å²) < 4.78 is 1.39. The summed E-state index contributed by atoms with van der Waals surface area (Å²) in [5, 5.41) is 16.8. The van der Waals surface area contributed by atoms with Gasteiger partial charge < -0.3 is 10.8 Å². The van der Waals surface area contributed by atoms with E-state index < -0.39 is 6.10 Å². The molecule has 0 aliphatic heterocycles. The zero-order valence-corrected chi connectivity index (χ0v) is 10.6. The van der Waals surface area contributed by atoms with E-state index in [-0.39, 0.29) is 5.69 Å². The Morgan fingerprint density at radius 1 is 1.56 bits per heavy atom. The predicted octanol–water partition coefficient (Wildman–Crippen LogP) is 0.516. The minimum Gasteiger partial charge on any atom is -0.398 e. The summed E-state index contributed by atoms with van der Waals surface area (Å²) in [5.41, 5.74) is 6.75. The number of aliphatic hydroxyl groups excluding tert-OH is 1. The molecule has 1 aromatic carbocycles. The topological polar surface area (TPSA) is 96.9 Å². The summed E-state index contributed by atoms with van der Waals surface area (Å²) in [6, 6.07) is 7.16. The molecule has 1 atom stereocenters. The van der Waals surface area contributed by atoms with Gasteiger partial charge in [0.2, 0.25) is 0 Å². The Morgan fingerprint density at radius 3 is 2.89 bits per heavy atom. The lowest BCUT2D eigenvalue weighted by Gasteiger charge is -2.12. The van der Waals surface area contributed by atoms with E-state index in [1.807, 2.05) is 12.1 Å². The van der Waals surface area contributed by atoms with Gasteiger partial charge in [-0.1, -0.05) is 30.0 Å². The number of thioether (sulfide) groups is 1. The molecule has 1 heterocycles. The van der Waals surface area contributed by atoms with E-state index in [1.54, 1.807) is 19.2 Å². The van der Waals surface area contributed by atoms with Crippen molar-refractivity contribution in [2.45, 2.75) is 11.3 Å². The van der Waals surface area contributed by atoms with Crippen LogP contribution in [-0.4, -0.2) is 25.6 Å². The summed E-state index contributed by atoms with van der Waals surface area (Å²) in [7, 11) is 1.62. The molecule has 1 aromatic heterocycles. The van der Waals surface area contributed by atoms with Crippen LogP contribution in [0.2, 0.25) is 0 Å². The molecule has 0 amide bonds. The number of hydrogen-bond donors (Lipinski definition) is 3. The average Bonchev–Trinajstić information content (AvgIpc) is 2.68. The summed E-state index contributed by atoms with van der Waals surface area (Å²) in [6.45, 7) is 0. The average molecular weight is 266 g/mol. The molecular weight excluding hydrogens is 252 g/mol. The quantitative estimate of drug-likeness (QED) is 0.553. The Morgan fingerprint density at radius 2 is 2.28 bits per heavy atom. The van der Waals surface area contributed by atoms with Gasteiger partial charge in [0, 0.05) is 24.1 Å². The van der Waals surface area contributed by atoms with Gasteiger partial charge in [-0.2, -0.15) is 0 Å². The van der Waals surface area contributed by atoms with E-state index in [4.69, 9.17) is 5.73 Å². The van der Waals surface area contributed by atoms with Crippen LogP contribution in [0, 0.1) is 0 Å². The van der Waals surface area contributed by atoms with Crippen molar-refractivity contribution >= 4 is 17.4 Å². The molecule has 0 aliphatic rings. The molecule has 0 bridgehead atoms. The fraction of sp³-hybridized carbons (Fsp3) is 0.273. The van der Waals surface area contributed by atoms with Gasteiger partial charge in [-0.05, 0) is 6.07 Å². The molecule has 0 fully saturated rings. The first-order valence-corrected chi connectivity index (χ1v) is 6.35. The number of nitrogens with two attached hydrogens (primary N) is 1. The van der Waals surface area contributed by atoms with Crippen LogP contribution in [0.5, 0.6) is 0 Å². The van der Waals surface area contributed by atoms with Gasteiger partial charge in [-0.3, -0.25) is 4.57 Å². The van der Waals surface area contributed by atoms with Crippen LogP contribution in [0.3, 0.4) is 0 Å². The molecule has 18 heavy (non-hydrogen) atoms. The van der Waals surface area contributed by atoms with Gasteiger partial charge >= 0.3 is 5.69 Å². The number of H-pyrrole nitrogens is 1. The standard InChI is InChI=1S/C11H14N4O2S/c1-15-10(17)13-14-11(15)18-6-9(16)7-4-2-3-5-8(7)12/h2-5,9,16H,6,12H2,1H3,(H,13,17). The van der Waals surface area contributed by atoms with Crippen molar-refractivity contribution in [3.63, 3.8) is 0 Å². The summed E-state index contributed by atoms with van der Waals surface area (Å²) in [6.07, 6.45) is -0.692. The number of aromatic nitrogens is 3. The smallest absolute Gasteiger partial charge is 0.343 e. The lowest BCUT2D eigenvalue weighted by molar-refractivity contribution is 0.205. The number of aromatic amines is 1. The Labute approximate surface area is 108 Å². The molecule has 0 saturated carbocycles. The third kappa shape index (κ3) is 2.57. The van der Waals surface area contributed by atoms with Crippen molar-refractivity contribution in [2.75, 3.05) is 11.5 Å². The summed E-state index contributed by atoms with van der Waals surface area (Å²) in [5.74, 6) is 0.381. The number of nitrogen functional groups attached to an aromatic ring is 1. The molecule has 0 spiro atoms. The molecule has 1 unspecified atom stereocenters. The van der Waals surface area contributed by atoms with E-state index in [0.29, 0.717) is 22.2 Å². The number of nitrogens with one attached hydrogen (secondary N) is 1. The van der Waals surface area contributed by atoms with Crippen LogP contribution in [0.15, 0.2) is 34.2 Å². The highest BCUT2D eigenvalue weighted by atomic mass is 32.2. The van der Waals surface area contributed by atoms with E-state index in [0.717, 1.165) is 0 Å². The highest BCUT2D eigenvalue weighted by molar-refractivity contribution is 7.99. The monoisotopic (exact) mass is 266 g/mol. The van der Waals surface area contributed by atoms with Gasteiger partial charge in [-0.15, -0.1) is 5.10 Å². The molecule has 0 saturated heterocycles. The van der Waals surface area contributed by atoms with Crippen LogP contribution < -0.4 is 11.4 Å². The van der Waals surface area contributed by atoms with E-state index >= 15 is 0 Å². The predicted molar refractivity (Wildman–Crippen MR) is 70.4 cm³/mol. The summed E-state index contributed by atoms with van der Waals surface area (Å²) in [4.78, 5) is 11.2. The maximum Gasteiger partial charge on any atom is 0.343 e. The van der Waals surface area contributed by atoms with Crippen LogP contribution in [-0.2, 0) is 7.05 Å². The lowest BCUT2D eigenvalue weighted by Crippen LogP contribution is -2.13. The van der Waals surface area contributed by atoms with Crippen molar-refractivity contribution in [1.82, 2.24) is 14.8 Å². The van der Waals surface area contributed by atoms with Gasteiger partial charge in [0.05, 0.1) is 6.10 Å². The Hall–Kier alpha value is -1.73. The number of para-hydroxylation sites is 1. The maximum absolute atomic E-state index is 11.2. The second-order valence-corrected chi connectivity index (χ2v) is 4.81. The number of aliphatic hydroxyl groups is 1. The van der Waals surface area contributed by atoms with E-state index in [1.165, 1.54) is 16.3 Å². The van der Waals surface area contributed by atoms with Crippen molar-refractivity contribution in [1.29, 1.82) is 0 Å². The first-order valence-electron chi connectivity index (χ1n) is 5.36. The van der Waals surface area contributed by atoms with Crippen LogP contribution in [0.25, 0.3) is 0 Å². The Kier molecular flexibility index (Phi) is 3.73. The number of rotatable bonds is 4. The number of anilines is 1. The van der Waals surface area contributed by atoms with Gasteiger partial charge in [-0.25, -0.2) is 9.89 Å². The number of nitrogens with zero attached hydrogens (tertiary/aromatic N) is 2. The molecule has 96 valence electrons. The third-order valence-electron chi connectivity index (χ3n) is 2.56. The zero-order valence-electron chi connectivity index (χ0n) is 9.83. The van der Waals surface area contributed by atoms with E-state index in [9.17, 15) is 9.90 Å². The first kappa shape index (κ1) is 12.7. The maximum atomic E-state index is 11.2. The van der Waals surface area contributed by atoms with Crippen molar-refractivity contribution in [3.8, 4) is 0 Å². The van der Waals surface area contributed by atoms with Crippen LogP contribution in [0.4, 0.5) is 5.69 Å². The lowest BCUT2D eigenvalue weighted by atomic mass is 10.1. The van der Waals surface area contributed by atoms with Crippen molar-refractivity contribution < 1.29 is 5.11 Å². The first-order chi connectivity index (χ1) is 8.59. The molecule has 7 heteroatoms. The second kappa shape index (κ2) is 5.28. The SMILES string of the molecule is Cn1c(SCC(O)c2ccccc2N)n[nH]c1=O. The van der Waals surface area contributed by atoms with Gasteiger partial charge in [0.25, 0.3) is 0 Å². The summed E-state index contributed by atoms with van der Waals surface area (Å²) >= 11 is 1.29. The number of benzene rings is 1. The highest BCUT2D eigenvalue weighted by Gasteiger charge is 2.13. The van der Waals surface area contributed by atoms with Crippen LogP contribution >= 0.6 is 11.8 Å². The molecule has 0 radical (unpaired) electrons. The van der Waals surface area contributed by atoms with Crippen molar-refractivity contribution in [2.24, 2.45) is 7.05 Å². The highest BCUT2D eigenvalue weighted by Crippen LogP contribution is 2.25. The third-order valence-corrected chi connectivity index (χ3v) is 3.67. The zero-order chi connectivity index (χ0) is 13.1. The minimum atomic E-state index is -0.692. The second-order valence-electron chi connectivity index (χ2n) is 3.83. The Bertz CT molecular complexity index is 593. The molecule has 2 rings (SSSR count). The normalized spacial score (nSPS) is 12.6. The van der Waals surface area contributed by atoms with Crippen molar-refractivity contribution in [3.05, 3.63) is 40.3 Å². The largest absolute Gasteiger partial charge is 0.398 e. The fourth-order valence-electron chi connectivity index (χ4n) is 1.52.